The van der Waals surface area contributed by atoms with Gasteiger partial charge in [0.2, 0.25) is 0 Å². The number of aryl methyl sites for hydroxylation is 18. The van der Waals surface area contributed by atoms with Crippen molar-refractivity contribution in [1.82, 2.24) is 26.2 Å². The van der Waals surface area contributed by atoms with E-state index in [1.807, 2.05) is 90.7 Å². The van der Waals surface area contributed by atoms with Crippen LogP contribution in [0.3, 0.4) is 0 Å². The normalized spacial score (nSPS) is 12.6. The molecule has 23 rings (SSSR count). The van der Waals surface area contributed by atoms with Crippen molar-refractivity contribution in [2.24, 2.45) is 0 Å². The molecule has 0 fully saturated rings. The van der Waals surface area contributed by atoms with Gasteiger partial charge in [-0.05, 0) is 317 Å². The van der Waals surface area contributed by atoms with Crippen molar-refractivity contribution >= 4 is 176 Å². The summed E-state index contributed by atoms with van der Waals surface area (Å²) in [6.45, 7) is 52.9. The molecule has 18 heteroatoms. The Hall–Kier alpha value is -10.9. The lowest BCUT2D eigenvalue weighted by atomic mass is 9.81. The molecular formula is C120H115N7S11. The summed E-state index contributed by atoms with van der Waals surface area (Å²) in [5.41, 5.74) is 46.0. The van der Waals surface area contributed by atoms with Crippen LogP contribution in [0, 0.1) is 125 Å². The van der Waals surface area contributed by atoms with Crippen molar-refractivity contribution in [2.45, 2.75) is 189 Å². The van der Waals surface area contributed by atoms with Gasteiger partial charge in [0, 0.05) is 139 Å². The SMILES string of the molecule is CCC(C)c1ccc(N(c2ccc(C)cc2)c2ccc(C)cc2)cc1.Cc1cc(-c2ccc(-c3cc(C)c(C)s3)c3nsnc23)sc1C.Cc1cc(-c2ccc(-c3cc(C)c(C)s3)c3nsnc23)sc1C.Cc1ccc(-c2sc(-c3ccc(-c4cc(C)c(-c5ccc(C)s5)s4)c4nsnc34)cc2C)s1.Cc1ccc2c(c1)C(C)(C)c1cc(C)ccc1-2.Cc1ccc2c(c1)C(C)(C)c1cc(C)ccc1-2. The average molecular weight is 2010 g/mol. The second kappa shape index (κ2) is 40.3. The second-order valence-electron chi connectivity index (χ2n) is 38.2. The smallest absolute Gasteiger partial charge is 0.114 e. The molecule has 10 aromatic carbocycles. The van der Waals surface area contributed by atoms with Gasteiger partial charge < -0.3 is 4.90 Å². The third kappa shape index (κ3) is 19.8. The number of benzene rings is 10. The summed E-state index contributed by atoms with van der Waals surface area (Å²) >= 11 is 18.7. The molecule has 11 aromatic heterocycles. The van der Waals surface area contributed by atoms with E-state index in [0.717, 1.165) is 33.1 Å². The molecule has 11 heterocycles. The molecule has 0 N–H and O–H groups in total. The van der Waals surface area contributed by atoms with Gasteiger partial charge in [-0.15, -0.1) is 90.7 Å². The molecule has 21 aromatic rings. The van der Waals surface area contributed by atoms with E-state index in [-0.39, 0.29) is 10.8 Å². The zero-order valence-corrected chi connectivity index (χ0v) is 92.0. The van der Waals surface area contributed by atoms with Crippen LogP contribution >= 0.6 is 126 Å². The monoisotopic (exact) mass is 2010 g/mol. The Balaban J connectivity index is 0.000000112. The van der Waals surface area contributed by atoms with E-state index in [4.69, 9.17) is 8.75 Å². The summed E-state index contributed by atoms with van der Waals surface area (Å²) in [6, 6.07) is 89.5. The largest absolute Gasteiger partial charge is 0.311 e. The number of thiophene rings is 8. The van der Waals surface area contributed by atoms with E-state index < -0.39 is 0 Å². The predicted octanol–water partition coefficient (Wildman–Crippen LogP) is 39.1. The Labute approximate surface area is 859 Å². The van der Waals surface area contributed by atoms with E-state index in [1.165, 1.54) is 287 Å². The zero-order valence-electron chi connectivity index (χ0n) is 83.0. The first kappa shape index (κ1) is 97.3. The lowest BCUT2D eigenvalue weighted by molar-refractivity contribution is 0.659. The predicted molar refractivity (Wildman–Crippen MR) is 612 cm³/mol. The van der Waals surface area contributed by atoms with Crippen LogP contribution in [-0.4, -0.2) is 26.2 Å². The molecule has 0 spiro atoms. The van der Waals surface area contributed by atoms with E-state index in [2.05, 4.69) is 431 Å². The molecule has 1 unspecified atom stereocenters. The maximum Gasteiger partial charge on any atom is 0.114 e. The molecule has 7 nitrogen and oxygen atoms in total. The minimum absolute atomic E-state index is 0.142. The van der Waals surface area contributed by atoms with Crippen molar-refractivity contribution in [3.63, 3.8) is 0 Å². The van der Waals surface area contributed by atoms with E-state index in [0.29, 0.717) is 5.92 Å². The van der Waals surface area contributed by atoms with Gasteiger partial charge in [-0.25, -0.2) is 0 Å². The van der Waals surface area contributed by atoms with E-state index in [9.17, 15) is 0 Å². The highest BCUT2D eigenvalue weighted by molar-refractivity contribution is 7.25. The van der Waals surface area contributed by atoms with E-state index >= 15 is 0 Å². The van der Waals surface area contributed by atoms with Crippen LogP contribution in [0.4, 0.5) is 17.1 Å². The van der Waals surface area contributed by atoms with Crippen molar-refractivity contribution in [3.8, 4) is 104 Å². The van der Waals surface area contributed by atoms with Gasteiger partial charge in [-0.2, -0.15) is 26.2 Å². The summed E-state index contributed by atoms with van der Waals surface area (Å²) in [5, 5.41) is 0. The van der Waals surface area contributed by atoms with Crippen LogP contribution in [0.5, 0.6) is 0 Å². The van der Waals surface area contributed by atoms with Crippen LogP contribution in [-0.2, 0) is 10.8 Å². The van der Waals surface area contributed by atoms with Crippen molar-refractivity contribution < 1.29 is 0 Å². The Kier molecular flexibility index (Phi) is 28.4. The molecule has 2 aliphatic carbocycles. The number of aromatic nitrogens is 6. The fourth-order valence-electron chi connectivity index (χ4n) is 18.4. The molecule has 0 saturated heterocycles. The molecule has 2 aliphatic rings. The van der Waals surface area contributed by atoms with E-state index in [1.54, 1.807) is 0 Å². The average Bonchev–Trinajstić information content (AvgIpc) is 1.58. The summed E-state index contributed by atoms with van der Waals surface area (Å²) in [5.74, 6) is 0.598. The molecule has 696 valence electrons. The Morgan fingerprint density at radius 1 is 0.239 bits per heavy atom. The fraction of sp³-hybridized carbons (Fsp3) is 0.233. The number of hydrogen-bond donors (Lipinski definition) is 0. The summed E-state index contributed by atoms with van der Waals surface area (Å²) < 4.78 is 27.8. The molecule has 0 aliphatic heterocycles. The highest BCUT2D eigenvalue weighted by atomic mass is 32.1. The number of nitrogens with zero attached hydrogens (tertiary/aromatic N) is 7. The van der Waals surface area contributed by atoms with Crippen molar-refractivity contribution in [2.75, 3.05) is 4.90 Å². The van der Waals surface area contributed by atoms with Gasteiger partial charge in [0.25, 0.3) is 0 Å². The first-order valence-corrected chi connectivity index (χ1v) is 55.8. The van der Waals surface area contributed by atoms with Gasteiger partial charge in [0.15, 0.2) is 0 Å². The first-order chi connectivity index (χ1) is 66.1. The number of hydrogen-bond acceptors (Lipinski definition) is 18. The van der Waals surface area contributed by atoms with Gasteiger partial charge >= 0.3 is 0 Å². The van der Waals surface area contributed by atoms with Gasteiger partial charge in [0.1, 0.15) is 33.1 Å². The van der Waals surface area contributed by atoms with Gasteiger partial charge in [-0.1, -0.05) is 221 Å². The summed E-state index contributed by atoms with van der Waals surface area (Å²) in [6.07, 6.45) is 1.17. The number of rotatable bonds is 13. The van der Waals surface area contributed by atoms with Crippen LogP contribution in [0.2, 0.25) is 0 Å². The molecule has 0 amide bonds. The Morgan fingerprint density at radius 2 is 0.471 bits per heavy atom. The Bertz CT molecular complexity index is 7280. The van der Waals surface area contributed by atoms with Crippen molar-refractivity contribution in [3.05, 3.63) is 366 Å². The first-order valence-electron chi connectivity index (χ1n) is 47.0. The molecule has 1 atom stereocenters. The summed E-state index contributed by atoms with van der Waals surface area (Å²) in [7, 11) is 0. The maximum atomic E-state index is 4.73. The fourth-order valence-corrected chi connectivity index (χ4v) is 28.8. The van der Waals surface area contributed by atoms with Crippen molar-refractivity contribution in [1.29, 1.82) is 0 Å². The molecule has 138 heavy (non-hydrogen) atoms. The quantitative estimate of drug-likeness (QED) is 0.114. The van der Waals surface area contributed by atoms with Crippen LogP contribution in [0.25, 0.3) is 138 Å². The second-order valence-corrected chi connectivity index (χ2v) is 49.5. The van der Waals surface area contributed by atoms with Crippen LogP contribution in [0.15, 0.2) is 243 Å². The zero-order chi connectivity index (χ0) is 97.2. The summed E-state index contributed by atoms with van der Waals surface area (Å²) in [4.78, 5) is 23.5. The topological polar surface area (TPSA) is 80.6 Å². The lowest BCUT2D eigenvalue weighted by Gasteiger charge is -2.26. The number of anilines is 3. The van der Waals surface area contributed by atoms with Crippen LogP contribution in [0.1, 0.15) is 178 Å². The van der Waals surface area contributed by atoms with Crippen LogP contribution < -0.4 is 4.90 Å². The highest BCUT2D eigenvalue weighted by Crippen LogP contribution is 2.54. The number of fused-ring (bicyclic) bond motifs is 9. The van der Waals surface area contributed by atoms with Gasteiger partial charge in [0.05, 0.1) is 35.2 Å². The minimum atomic E-state index is 0.142. The van der Waals surface area contributed by atoms with Gasteiger partial charge in [-0.3, -0.25) is 0 Å². The molecular weight excluding hydrogens is 1890 g/mol. The standard InChI is InChI=1S/C26H20N2S5.C24H27N.2C18H16N2S3.2C17H18/c1-13-11-21(31-25(13)19-9-5-15(3)29-19)17-7-8-18(24-23(17)27-33-28-24)22-12-14(2)26(32-22)20-10-6-16(4)30-20;1-5-20(4)21-10-16-24(17-11-21)25(22-12-6-18(2)7-13-22)23-14-8-19(3)9-15-23;2*1-9-7-15(21-11(9)3)13-5-6-14(18-17(13)19-23-20-18)16-8-10(2)12(4)22-16;2*1-11-5-7-13-14-8-6-12(2)10-16(14)17(3,4)15(13)9-11/h5-12H,1-4H3;6-17,20H,5H2,1-4H3;2*5-8H,1-4H3;2*5-10H,1-4H3. The maximum absolute atomic E-state index is 4.73. The third-order valence-corrected chi connectivity index (χ3v) is 38.4. The third-order valence-electron chi connectivity index (χ3n) is 27.2. The minimum Gasteiger partial charge on any atom is -0.311 e. The molecule has 0 radical (unpaired) electrons. The molecule has 0 saturated carbocycles. The Morgan fingerprint density at radius 3 is 0.703 bits per heavy atom. The lowest BCUT2D eigenvalue weighted by Crippen LogP contribution is -2.15. The molecule has 0 bridgehead atoms. The highest BCUT2D eigenvalue weighted by Gasteiger charge is 2.37.